The summed E-state index contributed by atoms with van der Waals surface area (Å²) in [5.74, 6) is -1.68. The van der Waals surface area contributed by atoms with E-state index in [-0.39, 0.29) is 24.3 Å². The highest BCUT2D eigenvalue weighted by Crippen LogP contribution is 2.18. The molecule has 0 heterocycles. The second-order valence-electron chi connectivity index (χ2n) is 10.9. The highest BCUT2D eigenvalue weighted by atomic mass is 19.1. The number of carbonyl (C=O) groups is 2. The van der Waals surface area contributed by atoms with E-state index in [0.29, 0.717) is 36.2 Å². The number of rotatable bonds is 14. The lowest BCUT2D eigenvalue weighted by Gasteiger charge is -2.24. The van der Waals surface area contributed by atoms with E-state index in [0.717, 1.165) is 43.1 Å². The molecule has 0 bridgehead atoms. The van der Waals surface area contributed by atoms with Crippen molar-refractivity contribution in [2.45, 2.75) is 65.8 Å². The lowest BCUT2D eigenvalue weighted by Crippen LogP contribution is -2.37. The van der Waals surface area contributed by atoms with Crippen LogP contribution in [0.4, 0.5) is 14.5 Å². The molecule has 3 aromatic carbocycles. The fraction of sp³-hybridized carbons (Fsp3) is 0.412. The lowest BCUT2D eigenvalue weighted by molar-refractivity contribution is 0.0755. The summed E-state index contributed by atoms with van der Waals surface area (Å²) in [6.07, 6.45) is 3.36. The smallest absolute Gasteiger partial charge is 0.253 e. The van der Waals surface area contributed by atoms with E-state index in [2.05, 4.69) is 35.3 Å². The maximum atomic E-state index is 14.0. The number of nitrogens with zero attached hydrogens (tertiary/aromatic N) is 2. The van der Waals surface area contributed by atoms with Crippen LogP contribution in [0.5, 0.6) is 0 Å². The average molecular weight is 564 g/mol. The minimum atomic E-state index is -0.644. The van der Waals surface area contributed by atoms with Gasteiger partial charge in [-0.25, -0.2) is 8.78 Å². The molecule has 0 aliphatic heterocycles. The molecule has 220 valence electrons. The first-order chi connectivity index (χ1) is 19.6. The number of hydrogen-bond acceptors (Lipinski definition) is 3. The van der Waals surface area contributed by atoms with Crippen LogP contribution in [0.15, 0.2) is 60.7 Å². The van der Waals surface area contributed by atoms with E-state index >= 15 is 0 Å². The Balaban J connectivity index is 1.78. The monoisotopic (exact) mass is 563 g/mol. The molecule has 0 aliphatic rings. The van der Waals surface area contributed by atoms with Crippen LogP contribution in [0.3, 0.4) is 0 Å². The number of hydrogen-bond donors (Lipinski definition) is 1. The van der Waals surface area contributed by atoms with Crippen LogP contribution in [0.25, 0.3) is 0 Å². The molecule has 3 aromatic rings. The van der Waals surface area contributed by atoms with Gasteiger partial charge in [-0.3, -0.25) is 9.59 Å². The minimum absolute atomic E-state index is 0.0857. The lowest BCUT2D eigenvalue weighted by atomic mass is 9.99. The van der Waals surface area contributed by atoms with Gasteiger partial charge in [-0.15, -0.1) is 0 Å². The maximum absolute atomic E-state index is 14.0. The number of carbonyl (C=O) groups excluding carboxylic acids is 2. The standard InChI is InChI=1S/C34H43F2N3O2/c1-6-13-39(14-7-2)34(41)28-17-25(4)16-27(22-28)33(40)37-31(21-26-19-29(35)23-30(36)20-26)11-9-15-38(5)32-12-8-10-24(3)18-32/h8,10,12,16-20,22-23,31H,6-7,9,11,13-15,21H2,1-5H3,(H,37,40). The molecule has 1 atom stereocenters. The van der Waals surface area contributed by atoms with Gasteiger partial charge in [-0.05, 0) is 105 Å². The molecule has 2 amide bonds. The Labute approximate surface area is 243 Å². The summed E-state index contributed by atoms with van der Waals surface area (Å²) in [6, 6.07) is 16.6. The summed E-state index contributed by atoms with van der Waals surface area (Å²) in [7, 11) is 2.02. The molecule has 0 spiro atoms. The summed E-state index contributed by atoms with van der Waals surface area (Å²) in [5, 5.41) is 3.09. The van der Waals surface area contributed by atoms with Crippen LogP contribution in [0.1, 0.15) is 76.9 Å². The number of benzene rings is 3. The Morgan fingerprint density at radius 1 is 0.829 bits per heavy atom. The molecule has 5 nitrogen and oxygen atoms in total. The molecule has 3 rings (SSSR count). The summed E-state index contributed by atoms with van der Waals surface area (Å²) in [6.45, 7) is 10.1. The molecule has 0 radical (unpaired) electrons. The molecular formula is C34H43F2N3O2. The molecule has 0 aliphatic carbocycles. The Morgan fingerprint density at radius 2 is 1.49 bits per heavy atom. The number of halogens is 2. The van der Waals surface area contributed by atoms with Crippen LogP contribution in [-0.2, 0) is 6.42 Å². The third-order valence-electron chi connectivity index (χ3n) is 7.09. The second-order valence-corrected chi connectivity index (χ2v) is 10.9. The van der Waals surface area contributed by atoms with E-state index in [1.54, 1.807) is 12.1 Å². The molecule has 1 unspecified atom stereocenters. The zero-order valence-electron chi connectivity index (χ0n) is 25.0. The van der Waals surface area contributed by atoms with Crippen LogP contribution in [0.2, 0.25) is 0 Å². The van der Waals surface area contributed by atoms with E-state index in [9.17, 15) is 18.4 Å². The van der Waals surface area contributed by atoms with E-state index in [1.807, 2.05) is 44.9 Å². The van der Waals surface area contributed by atoms with Crippen molar-refractivity contribution in [2.24, 2.45) is 0 Å². The molecule has 0 fully saturated rings. The molecule has 0 saturated heterocycles. The summed E-state index contributed by atoms with van der Waals surface area (Å²) in [5.41, 5.74) is 4.47. The van der Waals surface area contributed by atoms with E-state index < -0.39 is 11.6 Å². The fourth-order valence-corrected chi connectivity index (χ4v) is 5.15. The Bertz CT molecular complexity index is 1300. The van der Waals surface area contributed by atoms with Gasteiger partial charge in [-0.1, -0.05) is 26.0 Å². The van der Waals surface area contributed by atoms with Crippen LogP contribution >= 0.6 is 0 Å². The molecule has 7 heteroatoms. The van der Waals surface area contributed by atoms with E-state index in [1.165, 1.54) is 17.7 Å². The zero-order valence-corrected chi connectivity index (χ0v) is 25.0. The molecular weight excluding hydrogens is 520 g/mol. The third kappa shape index (κ3) is 9.69. The van der Waals surface area contributed by atoms with Crippen molar-refractivity contribution in [3.05, 3.63) is 100 Å². The van der Waals surface area contributed by atoms with Crippen LogP contribution in [-0.4, -0.2) is 49.4 Å². The first-order valence-corrected chi connectivity index (χ1v) is 14.5. The van der Waals surface area contributed by atoms with E-state index in [4.69, 9.17) is 0 Å². The van der Waals surface area contributed by atoms with Gasteiger partial charge in [0.15, 0.2) is 0 Å². The highest BCUT2D eigenvalue weighted by Gasteiger charge is 2.20. The van der Waals surface area contributed by atoms with Gasteiger partial charge in [0.2, 0.25) is 0 Å². The van der Waals surface area contributed by atoms with Crippen molar-refractivity contribution in [3.63, 3.8) is 0 Å². The predicted octanol–water partition coefficient (Wildman–Crippen LogP) is 7.10. The average Bonchev–Trinajstić information content (AvgIpc) is 2.91. The number of anilines is 1. The maximum Gasteiger partial charge on any atom is 0.253 e. The summed E-state index contributed by atoms with van der Waals surface area (Å²) in [4.78, 5) is 30.7. The Hall–Kier alpha value is -3.74. The Kier molecular flexibility index (Phi) is 11.9. The normalized spacial score (nSPS) is 11.7. The van der Waals surface area contributed by atoms with Gasteiger partial charge >= 0.3 is 0 Å². The predicted molar refractivity (Wildman–Crippen MR) is 163 cm³/mol. The second kappa shape index (κ2) is 15.3. The zero-order chi connectivity index (χ0) is 29.9. The third-order valence-corrected chi connectivity index (χ3v) is 7.09. The van der Waals surface area contributed by atoms with Gasteiger partial charge in [0.25, 0.3) is 11.8 Å². The van der Waals surface area contributed by atoms with Gasteiger partial charge in [0.1, 0.15) is 11.6 Å². The van der Waals surface area contributed by atoms with Crippen molar-refractivity contribution in [2.75, 3.05) is 31.6 Å². The van der Waals surface area contributed by atoms with Gasteiger partial charge in [0, 0.05) is 55.6 Å². The van der Waals surface area contributed by atoms with Crippen molar-refractivity contribution in [1.29, 1.82) is 0 Å². The number of amides is 2. The molecule has 0 saturated carbocycles. The van der Waals surface area contributed by atoms with Crippen molar-refractivity contribution in [1.82, 2.24) is 10.2 Å². The van der Waals surface area contributed by atoms with Gasteiger partial charge in [-0.2, -0.15) is 0 Å². The fourth-order valence-electron chi connectivity index (χ4n) is 5.15. The van der Waals surface area contributed by atoms with Crippen molar-refractivity contribution < 1.29 is 18.4 Å². The summed E-state index contributed by atoms with van der Waals surface area (Å²) >= 11 is 0. The quantitative estimate of drug-likeness (QED) is 0.228. The van der Waals surface area contributed by atoms with Crippen LogP contribution in [0, 0.1) is 25.5 Å². The topological polar surface area (TPSA) is 52.7 Å². The van der Waals surface area contributed by atoms with Crippen molar-refractivity contribution in [3.8, 4) is 0 Å². The largest absolute Gasteiger partial charge is 0.375 e. The van der Waals surface area contributed by atoms with Gasteiger partial charge < -0.3 is 15.1 Å². The number of aryl methyl sites for hydroxylation is 2. The SMILES string of the molecule is CCCN(CCC)C(=O)c1cc(C)cc(C(=O)NC(CCCN(C)c2cccc(C)c2)Cc2cc(F)cc(F)c2)c1. The summed E-state index contributed by atoms with van der Waals surface area (Å²) < 4.78 is 27.9. The Morgan fingerprint density at radius 3 is 2.12 bits per heavy atom. The highest BCUT2D eigenvalue weighted by molar-refractivity contribution is 6.00. The molecule has 41 heavy (non-hydrogen) atoms. The first-order valence-electron chi connectivity index (χ1n) is 14.5. The van der Waals surface area contributed by atoms with Crippen molar-refractivity contribution >= 4 is 17.5 Å². The minimum Gasteiger partial charge on any atom is -0.375 e. The van der Waals surface area contributed by atoms with Crippen LogP contribution < -0.4 is 10.2 Å². The first kappa shape index (κ1) is 31.8. The van der Waals surface area contributed by atoms with Gasteiger partial charge in [0.05, 0.1) is 0 Å². The molecule has 0 aromatic heterocycles. The molecule has 1 N–H and O–H groups in total. The number of nitrogens with one attached hydrogen (secondary N) is 1.